The first-order chi connectivity index (χ1) is 14.4. The Morgan fingerprint density at radius 2 is 1.67 bits per heavy atom. The maximum absolute atomic E-state index is 11.4. The van der Waals surface area contributed by atoms with Crippen LogP contribution in [-0.4, -0.2) is 15.0 Å². The van der Waals surface area contributed by atoms with Crippen LogP contribution in [0.4, 0.5) is 5.69 Å². The molecule has 0 saturated carbocycles. The second-order valence-corrected chi connectivity index (χ2v) is 8.50. The van der Waals surface area contributed by atoms with Gasteiger partial charge in [0.15, 0.2) is 11.5 Å². The zero-order valence-electron chi connectivity index (χ0n) is 16.5. The molecule has 0 aliphatic rings. The van der Waals surface area contributed by atoms with E-state index in [0.717, 1.165) is 16.8 Å². The lowest BCUT2D eigenvalue weighted by Gasteiger charge is -2.16. The quantitative estimate of drug-likeness (QED) is 0.502. The SMILES string of the molecule is CCOc1cc(CNc2ccc(S(N)(=O)=O)cc2)cc(Cl)c1OCc1ccccc1. The summed E-state index contributed by atoms with van der Waals surface area (Å²) in [6.45, 7) is 3.22. The summed E-state index contributed by atoms with van der Waals surface area (Å²) in [5.41, 5.74) is 2.68. The molecule has 0 aromatic heterocycles. The molecule has 0 unspecified atom stereocenters. The molecule has 0 atom stereocenters. The number of anilines is 1. The van der Waals surface area contributed by atoms with Crippen LogP contribution < -0.4 is 19.9 Å². The molecule has 0 saturated heterocycles. The maximum atomic E-state index is 11.4. The Morgan fingerprint density at radius 1 is 0.967 bits per heavy atom. The average Bonchev–Trinajstić information content (AvgIpc) is 2.72. The predicted molar refractivity (Wildman–Crippen MR) is 119 cm³/mol. The van der Waals surface area contributed by atoms with Crippen molar-refractivity contribution >= 4 is 27.3 Å². The third kappa shape index (κ3) is 5.89. The van der Waals surface area contributed by atoms with Gasteiger partial charge in [0.1, 0.15) is 6.61 Å². The number of ether oxygens (including phenoxy) is 2. The smallest absolute Gasteiger partial charge is 0.238 e. The van der Waals surface area contributed by atoms with Gasteiger partial charge in [0, 0.05) is 12.2 Å². The Balaban J connectivity index is 1.72. The number of halogens is 1. The van der Waals surface area contributed by atoms with Crippen LogP contribution >= 0.6 is 11.6 Å². The summed E-state index contributed by atoms with van der Waals surface area (Å²) in [6, 6.07) is 19.7. The maximum Gasteiger partial charge on any atom is 0.238 e. The molecule has 3 aromatic carbocycles. The predicted octanol–water partition coefficient (Wildman–Crippen LogP) is 4.58. The van der Waals surface area contributed by atoms with Gasteiger partial charge < -0.3 is 14.8 Å². The first-order valence-electron chi connectivity index (χ1n) is 9.35. The van der Waals surface area contributed by atoms with Crippen LogP contribution in [0.2, 0.25) is 5.02 Å². The van der Waals surface area contributed by atoms with E-state index in [-0.39, 0.29) is 4.90 Å². The molecule has 0 aliphatic carbocycles. The van der Waals surface area contributed by atoms with E-state index >= 15 is 0 Å². The fourth-order valence-electron chi connectivity index (χ4n) is 2.82. The summed E-state index contributed by atoms with van der Waals surface area (Å²) >= 11 is 6.48. The number of sulfonamides is 1. The van der Waals surface area contributed by atoms with Crippen LogP contribution in [0.1, 0.15) is 18.1 Å². The topological polar surface area (TPSA) is 90.6 Å². The van der Waals surface area contributed by atoms with E-state index in [4.69, 9.17) is 26.2 Å². The Hall–Kier alpha value is -2.74. The first-order valence-corrected chi connectivity index (χ1v) is 11.3. The highest BCUT2D eigenvalue weighted by Crippen LogP contribution is 2.37. The zero-order chi connectivity index (χ0) is 21.6. The molecule has 30 heavy (non-hydrogen) atoms. The minimum Gasteiger partial charge on any atom is -0.490 e. The third-order valence-electron chi connectivity index (χ3n) is 4.27. The van der Waals surface area contributed by atoms with Crippen molar-refractivity contribution in [2.75, 3.05) is 11.9 Å². The number of rotatable bonds is 9. The number of nitrogens with one attached hydrogen (secondary N) is 1. The molecule has 0 fully saturated rings. The van der Waals surface area contributed by atoms with Crippen LogP contribution in [0.25, 0.3) is 0 Å². The normalized spacial score (nSPS) is 11.2. The lowest BCUT2D eigenvalue weighted by Crippen LogP contribution is -2.12. The number of benzene rings is 3. The van der Waals surface area contributed by atoms with E-state index in [9.17, 15) is 8.42 Å². The second-order valence-electron chi connectivity index (χ2n) is 6.54. The highest BCUT2D eigenvalue weighted by Gasteiger charge is 2.13. The van der Waals surface area contributed by atoms with Crippen molar-refractivity contribution in [1.29, 1.82) is 0 Å². The van der Waals surface area contributed by atoms with Gasteiger partial charge in [-0.3, -0.25) is 0 Å². The van der Waals surface area contributed by atoms with Gasteiger partial charge in [0.2, 0.25) is 10.0 Å². The Morgan fingerprint density at radius 3 is 2.30 bits per heavy atom. The van der Waals surface area contributed by atoms with Gasteiger partial charge in [0.05, 0.1) is 16.5 Å². The molecule has 0 aliphatic heterocycles. The van der Waals surface area contributed by atoms with Crippen molar-refractivity contribution in [3.8, 4) is 11.5 Å². The summed E-state index contributed by atoms with van der Waals surface area (Å²) in [5.74, 6) is 1.07. The molecule has 0 bridgehead atoms. The van der Waals surface area contributed by atoms with Crippen LogP contribution in [0.3, 0.4) is 0 Å². The van der Waals surface area contributed by atoms with Gasteiger partial charge in [-0.25, -0.2) is 13.6 Å². The zero-order valence-corrected chi connectivity index (χ0v) is 18.0. The van der Waals surface area contributed by atoms with E-state index in [1.165, 1.54) is 12.1 Å². The van der Waals surface area contributed by atoms with Crippen molar-refractivity contribution in [1.82, 2.24) is 0 Å². The van der Waals surface area contributed by atoms with E-state index in [0.29, 0.717) is 36.3 Å². The molecular formula is C22H23ClN2O4S. The van der Waals surface area contributed by atoms with Crippen LogP contribution in [0.5, 0.6) is 11.5 Å². The minimum atomic E-state index is -3.71. The molecular weight excluding hydrogens is 424 g/mol. The Labute approximate surface area is 181 Å². The molecule has 3 rings (SSSR count). The number of primary sulfonamides is 1. The highest BCUT2D eigenvalue weighted by molar-refractivity contribution is 7.89. The molecule has 8 heteroatoms. The van der Waals surface area contributed by atoms with Crippen LogP contribution in [-0.2, 0) is 23.2 Å². The number of nitrogens with two attached hydrogens (primary N) is 1. The lowest BCUT2D eigenvalue weighted by atomic mass is 10.2. The number of hydrogen-bond acceptors (Lipinski definition) is 5. The molecule has 0 radical (unpaired) electrons. The molecule has 158 valence electrons. The van der Waals surface area contributed by atoms with Crippen LogP contribution in [0, 0.1) is 0 Å². The van der Waals surface area contributed by atoms with Crippen molar-refractivity contribution in [3.63, 3.8) is 0 Å². The third-order valence-corrected chi connectivity index (χ3v) is 5.48. The van der Waals surface area contributed by atoms with Crippen molar-refractivity contribution < 1.29 is 17.9 Å². The van der Waals surface area contributed by atoms with Gasteiger partial charge in [-0.1, -0.05) is 41.9 Å². The van der Waals surface area contributed by atoms with Gasteiger partial charge in [-0.15, -0.1) is 0 Å². The highest BCUT2D eigenvalue weighted by atomic mass is 35.5. The van der Waals surface area contributed by atoms with E-state index in [1.54, 1.807) is 12.1 Å². The van der Waals surface area contributed by atoms with Crippen molar-refractivity contribution in [2.45, 2.75) is 25.0 Å². The van der Waals surface area contributed by atoms with Gasteiger partial charge >= 0.3 is 0 Å². The van der Waals surface area contributed by atoms with E-state index in [2.05, 4.69) is 5.32 Å². The molecule has 0 amide bonds. The summed E-state index contributed by atoms with van der Waals surface area (Å²) in [6.07, 6.45) is 0. The fourth-order valence-corrected chi connectivity index (χ4v) is 3.63. The second kappa shape index (κ2) is 9.84. The van der Waals surface area contributed by atoms with Crippen molar-refractivity contribution in [2.24, 2.45) is 5.14 Å². The minimum absolute atomic E-state index is 0.0645. The average molecular weight is 447 g/mol. The number of hydrogen-bond donors (Lipinski definition) is 2. The Kier molecular flexibility index (Phi) is 7.20. The standard InChI is InChI=1S/C22H23ClN2O4S/c1-2-28-21-13-17(14-25-18-8-10-19(11-9-18)30(24,26)27)12-20(23)22(21)29-15-16-6-4-3-5-7-16/h3-13,25H,2,14-15H2,1H3,(H2,24,26,27). The molecule has 3 aromatic rings. The summed E-state index contributed by atoms with van der Waals surface area (Å²) in [4.78, 5) is 0.0645. The largest absolute Gasteiger partial charge is 0.490 e. The van der Waals surface area contributed by atoms with E-state index < -0.39 is 10.0 Å². The Bertz CT molecular complexity index is 1090. The van der Waals surface area contributed by atoms with Gasteiger partial charge in [-0.05, 0) is 54.4 Å². The molecule has 0 heterocycles. The summed E-state index contributed by atoms with van der Waals surface area (Å²) in [7, 11) is -3.71. The van der Waals surface area contributed by atoms with E-state index in [1.807, 2.05) is 49.4 Å². The first kappa shape index (κ1) is 22.0. The molecule has 0 spiro atoms. The fraction of sp³-hybridized carbons (Fsp3) is 0.182. The lowest BCUT2D eigenvalue weighted by molar-refractivity contribution is 0.269. The monoisotopic (exact) mass is 446 g/mol. The van der Waals surface area contributed by atoms with Gasteiger partial charge in [0.25, 0.3) is 0 Å². The van der Waals surface area contributed by atoms with Crippen LogP contribution in [0.15, 0.2) is 71.6 Å². The molecule has 6 nitrogen and oxygen atoms in total. The summed E-state index contributed by atoms with van der Waals surface area (Å²) in [5, 5.41) is 8.80. The van der Waals surface area contributed by atoms with Gasteiger partial charge in [-0.2, -0.15) is 0 Å². The summed E-state index contributed by atoms with van der Waals surface area (Å²) < 4.78 is 34.4. The molecule has 3 N–H and O–H groups in total. The van der Waals surface area contributed by atoms with Crippen molar-refractivity contribution in [3.05, 3.63) is 82.9 Å².